The lowest BCUT2D eigenvalue weighted by Gasteiger charge is -2.42. The third-order valence-corrected chi connectivity index (χ3v) is 4.56. The number of aliphatic hydroxyl groups excluding tert-OH is 1. The Labute approximate surface area is 105 Å². The van der Waals surface area contributed by atoms with Gasteiger partial charge in [-0.25, -0.2) is 0 Å². The van der Waals surface area contributed by atoms with Crippen molar-refractivity contribution in [3.8, 4) is 0 Å². The summed E-state index contributed by atoms with van der Waals surface area (Å²) >= 11 is 0. The van der Waals surface area contributed by atoms with Gasteiger partial charge < -0.3 is 16.2 Å². The van der Waals surface area contributed by atoms with Crippen LogP contribution in [0.5, 0.6) is 0 Å². The lowest BCUT2D eigenvalue weighted by molar-refractivity contribution is 0.129. The smallest absolute Gasteiger partial charge is 0.0475 e. The molecule has 2 saturated heterocycles. The van der Waals surface area contributed by atoms with Gasteiger partial charge in [0.05, 0.1) is 0 Å². The van der Waals surface area contributed by atoms with Crippen molar-refractivity contribution in [2.75, 3.05) is 26.2 Å². The second-order valence-electron chi connectivity index (χ2n) is 5.72. The highest BCUT2D eigenvalue weighted by atomic mass is 16.3. The van der Waals surface area contributed by atoms with E-state index in [1.807, 2.05) is 0 Å². The zero-order chi connectivity index (χ0) is 12.3. The summed E-state index contributed by atoms with van der Waals surface area (Å²) in [4.78, 5) is 2.61. The van der Waals surface area contributed by atoms with E-state index in [4.69, 9.17) is 10.8 Å². The minimum Gasteiger partial charge on any atom is -0.396 e. The number of hydrogen-bond acceptors (Lipinski definition) is 4. The van der Waals surface area contributed by atoms with Gasteiger partial charge in [-0.15, -0.1) is 0 Å². The van der Waals surface area contributed by atoms with Crippen LogP contribution in [0.2, 0.25) is 0 Å². The van der Waals surface area contributed by atoms with Crippen LogP contribution in [0.25, 0.3) is 0 Å². The average Bonchev–Trinajstić information content (AvgIpc) is 2.70. The summed E-state index contributed by atoms with van der Waals surface area (Å²) in [6.07, 6.45) is 5.91. The highest BCUT2D eigenvalue weighted by Gasteiger charge is 2.47. The van der Waals surface area contributed by atoms with E-state index in [0.717, 1.165) is 12.8 Å². The topological polar surface area (TPSA) is 61.5 Å². The van der Waals surface area contributed by atoms with Crippen LogP contribution in [0.3, 0.4) is 0 Å². The molecule has 2 aliphatic heterocycles. The van der Waals surface area contributed by atoms with Gasteiger partial charge >= 0.3 is 0 Å². The molecule has 3 atom stereocenters. The van der Waals surface area contributed by atoms with Crippen LogP contribution in [0.4, 0.5) is 0 Å². The Hall–Kier alpha value is -0.160. The van der Waals surface area contributed by atoms with Crippen LogP contribution in [0.1, 0.15) is 39.0 Å². The molecule has 4 nitrogen and oxygen atoms in total. The number of nitrogens with two attached hydrogens (primary N) is 1. The molecule has 2 fully saturated rings. The number of nitrogens with zero attached hydrogens (tertiary/aromatic N) is 1. The standard InChI is InChI=1S/C13H27N3O/c1-11(5-9-17)15-13(10-14)6-8-16-7-3-2-4-12(13)16/h11-12,15,17H,2-10,14H2,1H3. The highest BCUT2D eigenvalue weighted by molar-refractivity contribution is 5.08. The summed E-state index contributed by atoms with van der Waals surface area (Å²) in [5.41, 5.74) is 6.16. The minimum atomic E-state index is 0.0923. The quantitative estimate of drug-likeness (QED) is 0.648. The molecule has 0 radical (unpaired) electrons. The maximum Gasteiger partial charge on any atom is 0.0475 e. The van der Waals surface area contributed by atoms with Gasteiger partial charge in [-0.3, -0.25) is 4.90 Å². The maximum absolute atomic E-state index is 9.02. The van der Waals surface area contributed by atoms with Gasteiger partial charge in [-0.1, -0.05) is 6.42 Å². The first kappa shape index (κ1) is 13.3. The van der Waals surface area contributed by atoms with E-state index in [2.05, 4.69) is 17.1 Å². The zero-order valence-corrected chi connectivity index (χ0v) is 11.0. The van der Waals surface area contributed by atoms with Gasteiger partial charge in [0, 0.05) is 37.3 Å². The first-order valence-electron chi connectivity index (χ1n) is 7.04. The van der Waals surface area contributed by atoms with E-state index in [-0.39, 0.29) is 12.1 Å². The monoisotopic (exact) mass is 241 g/mol. The molecule has 17 heavy (non-hydrogen) atoms. The second-order valence-corrected chi connectivity index (χ2v) is 5.72. The van der Waals surface area contributed by atoms with Crippen LogP contribution in [0, 0.1) is 0 Å². The zero-order valence-electron chi connectivity index (χ0n) is 11.0. The third kappa shape index (κ3) is 2.65. The van der Waals surface area contributed by atoms with Gasteiger partial charge in [0.15, 0.2) is 0 Å². The Morgan fingerprint density at radius 2 is 2.29 bits per heavy atom. The fourth-order valence-corrected chi connectivity index (χ4v) is 3.62. The summed E-state index contributed by atoms with van der Waals surface area (Å²) < 4.78 is 0. The number of rotatable bonds is 5. The molecule has 0 amide bonds. The van der Waals surface area contributed by atoms with E-state index in [9.17, 15) is 0 Å². The fraction of sp³-hybridized carbons (Fsp3) is 1.00. The van der Waals surface area contributed by atoms with E-state index < -0.39 is 0 Å². The Morgan fingerprint density at radius 1 is 1.47 bits per heavy atom. The molecular weight excluding hydrogens is 214 g/mol. The van der Waals surface area contributed by atoms with Gasteiger partial charge in [0.2, 0.25) is 0 Å². The van der Waals surface area contributed by atoms with Gasteiger partial charge in [0.1, 0.15) is 0 Å². The SMILES string of the molecule is CC(CCO)NC1(CN)CCN2CCCCC21. The van der Waals surface area contributed by atoms with Gasteiger partial charge in [-0.2, -0.15) is 0 Å². The lowest BCUT2D eigenvalue weighted by atomic mass is 9.84. The predicted octanol–water partition coefficient (Wildman–Crippen LogP) is 0.303. The Balaban J connectivity index is 2.03. The molecule has 3 unspecified atom stereocenters. The van der Waals surface area contributed by atoms with Gasteiger partial charge in [0.25, 0.3) is 0 Å². The highest BCUT2D eigenvalue weighted by Crippen LogP contribution is 2.35. The van der Waals surface area contributed by atoms with E-state index in [1.165, 1.54) is 32.4 Å². The van der Waals surface area contributed by atoms with Gasteiger partial charge in [-0.05, 0) is 39.2 Å². The van der Waals surface area contributed by atoms with Crippen LogP contribution in [-0.4, -0.2) is 53.9 Å². The molecule has 4 heteroatoms. The normalized spacial score (nSPS) is 35.8. The van der Waals surface area contributed by atoms with Crippen LogP contribution in [0.15, 0.2) is 0 Å². The average molecular weight is 241 g/mol. The Morgan fingerprint density at radius 3 is 3.00 bits per heavy atom. The molecule has 2 heterocycles. The molecule has 2 aliphatic rings. The summed E-state index contributed by atoms with van der Waals surface area (Å²) in [6.45, 7) is 5.54. The number of aliphatic hydroxyl groups is 1. The first-order chi connectivity index (χ1) is 8.22. The molecule has 0 aromatic heterocycles. The second kappa shape index (κ2) is 5.65. The van der Waals surface area contributed by atoms with Crippen molar-refractivity contribution in [3.63, 3.8) is 0 Å². The number of nitrogens with one attached hydrogen (secondary N) is 1. The van der Waals surface area contributed by atoms with E-state index in [0.29, 0.717) is 18.6 Å². The molecule has 0 aromatic rings. The van der Waals surface area contributed by atoms with Crippen molar-refractivity contribution in [1.82, 2.24) is 10.2 Å². The third-order valence-electron chi connectivity index (χ3n) is 4.56. The van der Waals surface area contributed by atoms with E-state index >= 15 is 0 Å². The van der Waals surface area contributed by atoms with Crippen LogP contribution < -0.4 is 11.1 Å². The fourth-order valence-electron chi connectivity index (χ4n) is 3.62. The van der Waals surface area contributed by atoms with Crippen LogP contribution in [-0.2, 0) is 0 Å². The van der Waals surface area contributed by atoms with Crippen molar-refractivity contribution in [2.24, 2.45) is 5.73 Å². The molecule has 100 valence electrons. The summed E-state index contributed by atoms with van der Waals surface area (Å²) in [5.74, 6) is 0. The van der Waals surface area contributed by atoms with E-state index in [1.54, 1.807) is 0 Å². The molecular formula is C13H27N3O. The van der Waals surface area contributed by atoms with Crippen molar-refractivity contribution in [2.45, 2.75) is 56.7 Å². The molecule has 0 bridgehead atoms. The Bertz CT molecular complexity index is 249. The first-order valence-corrected chi connectivity index (χ1v) is 7.04. The Kier molecular flexibility index (Phi) is 4.42. The van der Waals surface area contributed by atoms with Crippen molar-refractivity contribution in [3.05, 3.63) is 0 Å². The molecule has 4 N–H and O–H groups in total. The van der Waals surface area contributed by atoms with Crippen molar-refractivity contribution >= 4 is 0 Å². The maximum atomic E-state index is 9.02. The number of piperidine rings is 1. The van der Waals surface area contributed by atoms with Crippen molar-refractivity contribution in [1.29, 1.82) is 0 Å². The number of fused-ring (bicyclic) bond motifs is 1. The molecule has 0 saturated carbocycles. The summed E-state index contributed by atoms with van der Waals surface area (Å²) in [6, 6.07) is 0.966. The predicted molar refractivity (Wildman–Crippen MR) is 69.9 cm³/mol. The molecule has 0 aliphatic carbocycles. The van der Waals surface area contributed by atoms with Crippen molar-refractivity contribution < 1.29 is 5.11 Å². The largest absolute Gasteiger partial charge is 0.396 e. The summed E-state index contributed by atoms with van der Waals surface area (Å²) in [5, 5.41) is 12.7. The molecule has 0 aromatic carbocycles. The number of hydrogen-bond donors (Lipinski definition) is 3. The minimum absolute atomic E-state index is 0.0923. The summed E-state index contributed by atoms with van der Waals surface area (Å²) in [7, 11) is 0. The van der Waals surface area contributed by atoms with Crippen LogP contribution >= 0.6 is 0 Å². The molecule has 0 spiro atoms. The molecule has 2 rings (SSSR count). The lowest BCUT2D eigenvalue weighted by Crippen LogP contribution is -2.62.